The minimum Gasteiger partial charge on any atom is -0.366 e. The van der Waals surface area contributed by atoms with Crippen molar-refractivity contribution in [1.29, 1.82) is 0 Å². The molecule has 0 aliphatic heterocycles. The summed E-state index contributed by atoms with van der Waals surface area (Å²) in [5.41, 5.74) is 10.3. The van der Waals surface area contributed by atoms with Gasteiger partial charge in [-0.2, -0.15) is 0 Å². The Balaban J connectivity index is 3.08. The fraction of sp³-hybridized carbons (Fsp3) is 0.462. The maximum absolute atomic E-state index is 12.3. The molecule has 0 radical (unpaired) electrons. The molecule has 0 heterocycles. The van der Waals surface area contributed by atoms with Gasteiger partial charge in [0.2, 0.25) is 15.9 Å². The molecule has 1 unspecified atom stereocenters. The van der Waals surface area contributed by atoms with Crippen molar-refractivity contribution in [1.82, 2.24) is 4.72 Å². The molecular formula is C13H21N3O3S. The molecule has 0 aliphatic carbocycles. The number of hydrogen-bond acceptors (Lipinski definition) is 4. The van der Waals surface area contributed by atoms with Gasteiger partial charge < -0.3 is 11.5 Å². The number of nitrogens with one attached hydrogen (secondary N) is 1. The van der Waals surface area contributed by atoms with Gasteiger partial charge in [-0.15, -0.1) is 0 Å². The summed E-state index contributed by atoms with van der Waals surface area (Å²) in [4.78, 5) is 11.0. The van der Waals surface area contributed by atoms with E-state index in [-0.39, 0.29) is 22.9 Å². The predicted octanol–water partition coefficient (Wildman–Crippen LogP) is 0.437. The van der Waals surface area contributed by atoms with Crippen LogP contribution >= 0.6 is 0 Å². The van der Waals surface area contributed by atoms with Crippen LogP contribution in [0.25, 0.3) is 0 Å². The van der Waals surface area contributed by atoms with E-state index >= 15 is 0 Å². The highest BCUT2D eigenvalue weighted by atomic mass is 32.2. The van der Waals surface area contributed by atoms with Gasteiger partial charge in [0.05, 0.1) is 4.90 Å². The predicted molar refractivity (Wildman–Crippen MR) is 77.6 cm³/mol. The maximum atomic E-state index is 12.3. The number of rotatable bonds is 6. The molecule has 6 nitrogen and oxygen atoms in total. The van der Waals surface area contributed by atoms with E-state index in [1.165, 1.54) is 24.3 Å². The van der Waals surface area contributed by atoms with E-state index in [1.54, 1.807) is 6.92 Å². The Morgan fingerprint density at radius 1 is 1.30 bits per heavy atom. The van der Waals surface area contributed by atoms with Crippen LogP contribution in [0.2, 0.25) is 0 Å². The Morgan fingerprint density at radius 3 is 2.15 bits per heavy atom. The lowest BCUT2D eigenvalue weighted by Gasteiger charge is -2.33. The van der Waals surface area contributed by atoms with E-state index in [9.17, 15) is 13.2 Å². The third-order valence-electron chi connectivity index (χ3n) is 3.51. The quantitative estimate of drug-likeness (QED) is 0.706. The summed E-state index contributed by atoms with van der Waals surface area (Å²) in [7, 11) is -3.70. The van der Waals surface area contributed by atoms with Gasteiger partial charge in [0.15, 0.2) is 0 Å². The lowest BCUT2D eigenvalue weighted by Crippen LogP contribution is -2.54. The molecule has 0 saturated heterocycles. The number of primary amides is 1. The van der Waals surface area contributed by atoms with Crippen LogP contribution in [-0.4, -0.2) is 26.4 Å². The summed E-state index contributed by atoms with van der Waals surface area (Å²) in [5, 5.41) is 0. The maximum Gasteiger partial charge on any atom is 0.248 e. The van der Waals surface area contributed by atoms with Crippen LogP contribution in [0.15, 0.2) is 29.2 Å². The summed E-state index contributed by atoms with van der Waals surface area (Å²) in [6, 6.07) is 5.46. The zero-order valence-electron chi connectivity index (χ0n) is 11.9. The number of carbonyl (C=O) groups is 1. The van der Waals surface area contributed by atoms with Crippen molar-refractivity contribution in [2.45, 2.75) is 31.2 Å². The monoisotopic (exact) mass is 299 g/mol. The highest BCUT2D eigenvalue weighted by Gasteiger charge is 2.32. The minimum atomic E-state index is -3.70. The highest BCUT2D eigenvalue weighted by Crippen LogP contribution is 2.19. The van der Waals surface area contributed by atoms with Gasteiger partial charge in [0.25, 0.3) is 0 Å². The van der Waals surface area contributed by atoms with Crippen LogP contribution in [0, 0.1) is 5.92 Å². The van der Waals surface area contributed by atoms with E-state index in [2.05, 4.69) is 4.72 Å². The molecule has 1 rings (SSSR count). The molecule has 112 valence electrons. The Morgan fingerprint density at radius 2 is 1.80 bits per heavy atom. The van der Waals surface area contributed by atoms with Crippen LogP contribution in [-0.2, 0) is 10.0 Å². The molecule has 1 aromatic carbocycles. The van der Waals surface area contributed by atoms with Crippen LogP contribution in [0.1, 0.15) is 31.1 Å². The van der Waals surface area contributed by atoms with E-state index in [4.69, 9.17) is 11.5 Å². The lowest BCUT2D eigenvalue weighted by molar-refractivity contribution is 0.1000. The van der Waals surface area contributed by atoms with Gasteiger partial charge in [-0.1, -0.05) is 13.8 Å². The second-order valence-corrected chi connectivity index (χ2v) is 6.95. The molecule has 20 heavy (non-hydrogen) atoms. The number of amides is 1. The normalized spacial score (nSPS) is 15.1. The minimum absolute atomic E-state index is 0.0344. The zero-order valence-corrected chi connectivity index (χ0v) is 12.7. The van der Waals surface area contributed by atoms with E-state index < -0.39 is 21.5 Å². The smallest absolute Gasteiger partial charge is 0.248 e. The third kappa shape index (κ3) is 3.56. The van der Waals surface area contributed by atoms with Gasteiger partial charge in [-0.3, -0.25) is 4.79 Å². The van der Waals surface area contributed by atoms with Gasteiger partial charge in [0, 0.05) is 17.6 Å². The lowest BCUT2D eigenvalue weighted by atomic mass is 9.90. The van der Waals surface area contributed by atoms with Crippen molar-refractivity contribution in [3.8, 4) is 0 Å². The first-order chi connectivity index (χ1) is 9.12. The third-order valence-corrected chi connectivity index (χ3v) is 5.14. The standard InChI is InChI=1S/C13H21N3O3S/c1-9(2)13(3,8-14)16-20(18,19)11-6-4-10(5-7-11)12(15)17/h4-7,9,16H,8,14H2,1-3H3,(H2,15,17). The average molecular weight is 299 g/mol. The van der Waals surface area contributed by atoms with Crippen LogP contribution in [0.5, 0.6) is 0 Å². The van der Waals surface area contributed by atoms with E-state index in [0.29, 0.717) is 0 Å². The van der Waals surface area contributed by atoms with Crippen LogP contribution in [0.3, 0.4) is 0 Å². The summed E-state index contributed by atoms with van der Waals surface area (Å²) in [6.07, 6.45) is 0. The van der Waals surface area contributed by atoms with Crippen molar-refractivity contribution in [2.75, 3.05) is 6.54 Å². The fourth-order valence-electron chi connectivity index (χ4n) is 1.56. The van der Waals surface area contributed by atoms with Crippen molar-refractivity contribution in [3.05, 3.63) is 29.8 Å². The van der Waals surface area contributed by atoms with E-state index in [0.717, 1.165) is 0 Å². The molecule has 7 heteroatoms. The van der Waals surface area contributed by atoms with Gasteiger partial charge in [-0.25, -0.2) is 13.1 Å². The summed E-state index contributed by atoms with van der Waals surface area (Å²) < 4.78 is 27.2. The van der Waals surface area contributed by atoms with E-state index in [1.807, 2.05) is 13.8 Å². The first-order valence-corrected chi connectivity index (χ1v) is 7.74. The fourth-order valence-corrected chi connectivity index (χ4v) is 3.10. The molecular weight excluding hydrogens is 278 g/mol. The largest absolute Gasteiger partial charge is 0.366 e. The van der Waals surface area contributed by atoms with Gasteiger partial charge in [-0.05, 0) is 37.1 Å². The van der Waals surface area contributed by atoms with Crippen molar-refractivity contribution in [3.63, 3.8) is 0 Å². The molecule has 1 amide bonds. The summed E-state index contributed by atoms with van der Waals surface area (Å²) >= 11 is 0. The molecule has 1 aromatic rings. The Kier molecular flexibility index (Phi) is 4.90. The molecule has 0 saturated carbocycles. The number of sulfonamides is 1. The summed E-state index contributed by atoms with van der Waals surface area (Å²) in [5.74, 6) is -0.567. The van der Waals surface area contributed by atoms with Gasteiger partial charge in [0.1, 0.15) is 0 Å². The molecule has 0 aromatic heterocycles. The SMILES string of the molecule is CC(C)C(C)(CN)NS(=O)(=O)c1ccc(C(N)=O)cc1. The second-order valence-electron chi connectivity index (χ2n) is 5.27. The highest BCUT2D eigenvalue weighted by molar-refractivity contribution is 7.89. The molecule has 0 aliphatic rings. The van der Waals surface area contributed by atoms with Crippen molar-refractivity contribution >= 4 is 15.9 Å². The Labute approximate surface area is 119 Å². The first-order valence-electron chi connectivity index (χ1n) is 6.26. The molecule has 0 spiro atoms. The van der Waals surface area contributed by atoms with Crippen molar-refractivity contribution < 1.29 is 13.2 Å². The number of nitrogens with two attached hydrogens (primary N) is 2. The topological polar surface area (TPSA) is 115 Å². The van der Waals surface area contributed by atoms with Gasteiger partial charge >= 0.3 is 0 Å². The Hall–Kier alpha value is -1.44. The second kappa shape index (κ2) is 5.90. The number of carbonyl (C=O) groups excluding carboxylic acids is 1. The molecule has 0 fully saturated rings. The Bertz CT molecular complexity index is 581. The molecule has 1 atom stereocenters. The number of hydrogen-bond donors (Lipinski definition) is 3. The molecule has 0 bridgehead atoms. The summed E-state index contributed by atoms with van der Waals surface area (Å²) in [6.45, 7) is 5.73. The first kappa shape index (κ1) is 16.6. The van der Waals surface area contributed by atoms with Crippen LogP contribution < -0.4 is 16.2 Å². The zero-order chi connectivity index (χ0) is 15.6. The number of benzene rings is 1. The molecule has 5 N–H and O–H groups in total. The van der Waals surface area contributed by atoms with Crippen molar-refractivity contribution in [2.24, 2.45) is 17.4 Å². The average Bonchev–Trinajstić information content (AvgIpc) is 2.38. The van der Waals surface area contributed by atoms with Crippen LogP contribution in [0.4, 0.5) is 0 Å².